The highest BCUT2D eigenvalue weighted by Crippen LogP contribution is 2.27. The zero-order valence-electron chi connectivity index (χ0n) is 14.1. The molecule has 6 heteroatoms. The Balaban J connectivity index is 1.92. The van der Waals surface area contributed by atoms with Crippen LogP contribution in [0.1, 0.15) is 19.4 Å². The summed E-state index contributed by atoms with van der Waals surface area (Å²) in [7, 11) is 3.28. The first kappa shape index (κ1) is 16.9. The standard InChI is InChI=1S/C17H24N4O2/c1-12(2)20-17-19-10-8-16(21-17)18-9-7-13-5-6-14(22-3)15(11-13)23-4/h5-6,8,10-12H,7,9H2,1-4H3,(H2,18,19,20,21). The van der Waals surface area contributed by atoms with Crippen LogP contribution in [0.2, 0.25) is 0 Å². The fourth-order valence-corrected chi connectivity index (χ4v) is 2.16. The molecule has 0 atom stereocenters. The fraction of sp³-hybridized carbons (Fsp3) is 0.412. The predicted molar refractivity (Wildman–Crippen MR) is 92.5 cm³/mol. The third kappa shape index (κ3) is 5.02. The highest BCUT2D eigenvalue weighted by Gasteiger charge is 2.05. The molecule has 0 spiro atoms. The van der Waals surface area contributed by atoms with Crippen LogP contribution in [-0.2, 0) is 6.42 Å². The van der Waals surface area contributed by atoms with Gasteiger partial charge in [0.25, 0.3) is 0 Å². The van der Waals surface area contributed by atoms with Crippen molar-refractivity contribution in [2.24, 2.45) is 0 Å². The van der Waals surface area contributed by atoms with E-state index in [1.165, 1.54) is 5.56 Å². The summed E-state index contributed by atoms with van der Waals surface area (Å²) in [6.45, 7) is 4.88. The molecule has 0 aliphatic carbocycles. The maximum Gasteiger partial charge on any atom is 0.224 e. The molecule has 1 aromatic heterocycles. The second-order valence-electron chi connectivity index (χ2n) is 5.43. The molecule has 0 aliphatic heterocycles. The predicted octanol–water partition coefficient (Wildman–Crippen LogP) is 2.97. The quantitative estimate of drug-likeness (QED) is 0.780. The molecule has 0 saturated carbocycles. The number of methoxy groups -OCH3 is 2. The van der Waals surface area contributed by atoms with Crippen molar-refractivity contribution in [2.75, 3.05) is 31.4 Å². The number of rotatable bonds is 8. The van der Waals surface area contributed by atoms with E-state index in [-0.39, 0.29) is 0 Å². The average molecular weight is 316 g/mol. The van der Waals surface area contributed by atoms with Gasteiger partial charge >= 0.3 is 0 Å². The molecule has 124 valence electrons. The Hall–Kier alpha value is -2.50. The molecule has 1 aromatic carbocycles. The minimum Gasteiger partial charge on any atom is -0.493 e. The number of ether oxygens (including phenoxy) is 2. The van der Waals surface area contributed by atoms with E-state index in [4.69, 9.17) is 9.47 Å². The van der Waals surface area contributed by atoms with E-state index in [1.54, 1.807) is 20.4 Å². The minimum atomic E-state index is 0.303. The first-order valence-corrected chi connectivity index (χ1v) is 7.66. The lowest BCUT2D eigenvalue weighted by atomic mass is 10.1. The number of nitrogens with one attached hydrogen (secondary N) is 2. The van der Waals surface area contributed by atoms with Crippen molar-refractivity contribution in [1.29, 1.82) is 0 Å². The largest absolute Gasteiger partial charge is 0.493 e. The molecular formula is C17H24N4O2. The van der Waals surface area contributed by atoms with Crippen molar-refractivity contribution in [3.63, 3.8) is 0 Å². The zero-order chi connectivity index (χ0) is 16.7. The van der Waals surface area contributed by atoms with E-state index < -0.39 is 0 Å². The molecule has 2 N–H and O–H groups in total. The first-order chi connectivity index (χ1) is 11.1. The second kappa shape index (κ2) is 8.22. The van der Waals surface area contributed by atoms with Gasteiger partial charge in [0, 0.05) is 18.8 Å². The Labute approximate surface area is 137 Å². The topological polar surface area (TPSA) is 68.3 Å². The molecule has 0 unspecified atom stereocenters. The van der Waals surface area contributed by atoms with Crippen LogP contribution in [0.15, 0.2) is 30.5 Å². The van der Waals surface area contributed by atoms with E-state index in [9.17, 15) is 0 Å². The van der Waals surface area contributed by atoms with Crippen molar-refractivity contribution in [3.8, 4) is 11.5 Å². The van der Waals surface area contributed by atoms with E-state index in [0.717, 1.165) is 30.3 Å². The monoisotopic (exact) mass is 316 g/mol. The number of aromatic nitrogens is 2. The van der Waals surface area contributed by atoms with Gasteiger partial charge in [-0.2, -0.15) is 4.98 Å². The fourth-order valence-electron chi connectivity index (χ4n) is 2.16. The lowest BCUT2D eigenvalue weighted by molar-refractivity contribution is 0.354. The van der Waals surface area contributed by atoms with Crippen LogP contribution in [0.5, 0.6) is 11.5 Å². The Kier molecular flexibility index (Phi) is 6.02. The van der Waals surface area contributed by atoms with Gasteiger partial charge in [-0.25, -0.2) is 4.98 Å². The Bertz CT molecular complexity index is 632. The van der Waals surface area contributed by atoms with Crippen molar-refractivity contribution >= 4 is 11.8 Å². The molecule has 0 fully saturated rings. The van der Waals surface area contributed by atoms with Gasteiger partial charge in [0.1, 0.15) is 5.82 Å². The first-order valence-electron chi connectivity index (χ1n) is 7.66. The molecule has 23 heavy (non-hydrogen) atoms. The molecule has 0 bridgehead atoms. The molecule has 0 saturated heterocycles. The van der Waals surface area contributed by atoms with Crippen molar-refractivity contribution in [3.05, 3.63) is 36.0 Å². The van der Waals surface area contributed by atoms with Gasteiger partial charge in [-0.3, -0.25) is 0 Å². The summed E-state index contributed by atoms with van der Waals surface area (Å²) >= 11 is 0. The van der Waals surface area contributed by atoms with Gasteiger partial charge in [0.15, 0.2) is 11.5 Å². The summed E-state index contributed by atoms with van der Waals surface area (Å²) in [5, 5.41) is 6.50. The number of anilines is 2. The van der Waals surface area contributed by atoms with Crippen LogP contribution in [0.3, 0.4) is 0 Å². The maximum absolute atomic E-state index is 5.32. The number of hydrogen-bond acceptors (Lipinski definition) is 6. The number of hydrogen-bond donors (Lipinski definition) is 2. The highest BCUT2D eigenvalue weighted by molar-refractivity contribution is 5.44. The molecule has 2 aromatic rings. The Morgan fingerprint density at radius 2 is 1.87 bits per heavy atom. The number of benzene rings is 1. The van der Waals surface area contributed by atoms with Crippen molar-refractivity contribution in [1.82, 2.24) is 9.97 Å². The van der Waals surface area contributed by atoms with Crippen molar-refractivity contribution < 1.29 is 9.47 Å². The molecule has 0 aliphatic rings. The summed E-state index contributed by atoms with van der Waals surface area (Å²) in [5.74, 6) is 2.93. The summed E-state index contributed by atoms with van der Waals surface area (Å²) < 4.78 is 10.6. The summed E-state index contributed by atoms with van der Waals surface area (Å²) in [6.07, 6.45) is 2.60. The Morgan fingerprint density at radius 1 is 1.09 bits per heavy atom. The highest BCUT2D eigenvalue weighted by atomic mass is 16.5. The molecule has 0 amide bonds. The maximum atomic E-state index is 5.32. The molecule has 2 rings (SSSR count). The summed E-state index contributed by atoms with van der Waals surface area (Å²) in [4.78, 5) is 8.62. The molecule has 0 radical (unpaired) electrons. The second-order valence-corrected chi connectivity index (χ2v) is 5.43. The van der Waals surface area contributed by atoms with Crippen LogP contribution < -0.4 is 20.1 Å². The summed E-state index contributed by atoms with van der Waals surface area (Å²) in [6, 6.07) is 8.11. The van der Waals surface area contributed by atoms with E-state index in [2.05, 4.69) is 34.4 Å². The molecule has 1 heterocycles. The lowest BCUT2D eigenvalue weighted by Crippen LogP contribution is -2.14. The van der Waals surface area contributed by atoms with E-state index >= 15 is 0 Å². The van der Waals surface area contributed by atoms with E-state index in [1.807, 2.05) is 24.3 Å². The Morgan fingerprint density at radius 3 is 2.57 bits per heavy atom. The van der Waals surface area contributed by atoms with E-state index in [0.29, 0.717) is 12.0 Å². The van der Waals surface area contributed by atoms with Crippen molar-refractivity contribution in [2.45, 2.75) is 26.3 Å². The van der Waals surface area contributed by atoms with Crippen LogP contribution in [0, 0.1) is 0 Å². The summed E-state index contributed by atoms with van der Waals surface area (Å²) in [5.41, 5.74) is 1.17. The zero-order valence-corrected chi connectivity index (χ0v) is 14.1. The minimum absolute atomic E-state index is 0.303. The number of nitrogens with zero attached hydrogens (tertiary/aromatic N) is 2. The third-order valence-corrected chi connectivity index (χ3v) is 3.24. The average Bonchev–Trinajstić information content (AvgIpc) is 2.54. The normalized spacial score (nSPS) is 10.5. The molecular weight excluding hydrogens is 292 g/mol. The SMILES string of the molecule is COc1ccc(CCNc2ccnc(NC(C)C)n2)cc1OC. The van der Waals surface area contributed by atoms with Crippen LogP contribution in [-0.4, -0.2) is 36.8 Å². The van der Waals surface area contributed by atoms with Crippen LogP contribution in [0.4, 0.5) is 11.8 Å². The smallest absolute Gasteiger partial charge is 0.224 e. The van der Waals surface area contributed by atoms with Gasteiger partial charge in [-0.15, -0.1) is 0 Å². The third-order valence-electron chi connectivity index (χ3n) is 3.24. The molecule has 6 nitrogen and oxygen atoms in total. The van der Waals surface area contributed by atoms with Gasteiger partial charge < -0.3 is 20.1 Å². The van der Waals surface area contributed by atoms with Gasteiger partial charge in [-0.05, 0) is 44.0 Å². The van der Waals surface area contributed by atoms with Gasteiger partial charge in [0.2, 0.25) is 5.95 Å². The van der Waals surface area contributed by atoms with Gasteiger partial charge in [-0.1, -0.05) is 6.07 Å². The van der Waals surface area contributed by atoms with Gasteiger partial charge in [0.05, 0.1) is 14.2 Å². The van der Waals surface area contributed by atoms with Crippen LogP contribution in [0.25, 0.3) is 0 Å². The lowest BCUT2D eigenvalue weighted by Gasteiger charge is -2.11. The van der Waals surface area contributed by atoms with Crippen LogP contribution >= 0.6 is 0 Å².